The molecule has 7 heteroatoms. The van der Waals surface area contributed by atoms with Crippen molar-refractivity contribution in [1.29, 1.82) is 0 Å². The van der Waals surface area contributed by atoms with Crippen molar-refractivity contribution in [1.82, 2.24) is 10.3 Å². The second-order valence-corrected chi connectivity index (χ2v) is 7.09. The molecular formula is C23H23N3O4. The molecule has 1 amide bonds. The molecule has 7 nitrogen and oxygen atoms in total. The number of ether oxygens (including phenoxy) is 2. The molecule has 0 bridgehead atoms. The zero-order chi connectivity index (χ0) is 20.9. The SMILES string of the molecule is COc1ccc(C=CC(=O)Nc2nonc2-c2ccc3c(c2)CCCC3)cc1OC. The monoisotopic (exact) mass is 405 g/mol. The maximum Gasteiger partial charge on any atom is 0.249 e. The van der Waals surface area contributed by atoms with Gasteiger partial charge in [0.1, 0.15) is 0 Å². The first-order valence-corrected chi connectivity index (χ1v) is 9.84. The van der Waals surface area contributed by atoms with Gasteiger partial charge in [0, 0.05) is 11.6 Å². The average Bonchev–Trinajstić information content (AvgIpc) is 3.25. The van der Waals surface area contributed by atoms with Gasteiger partial charge in [-0.2, -0.15) is 0 Å². The molecule has 2 aromatic carbocycles. The predicted molar refractivity (Wildman–Crippen MR) is 114 cm³/mol. The van der Waals surface area contributed by atoms with Crippen LogP contribution in [0.5, 0.6) is 11.5 Å². The fourth-order valence-electron chi connectivity index (χ4n) is 3.63. The van der Waals surface area contributed by atoms with Gasteiger partial charge in [-0.3, -0.25) is 4.79 Å². The number of carbonyl (C=O) groups is 1. The van der Waals surface area contributed by atoms with Gasteiger partial charge in [-0.05, 0) is 77.0 Å². The van der Waals surface area contributed by atoms with Crippen LogP contribution in [0.2, 0.25) is 0 Å². The van der Waals surface area contributed by atoms with Gasteiger partial charge >= 0.3 is 0 Å². The smallest absolute Gasteiger partial charge is 0.249 e. The number of aryl methyl sites for hydroxylation is 2. The quantitative estimate of drug-likeness (QED) is 0.616. The Morgan fingerprint density at radius 2 is 1.80 bits per heavy atom. The number of methoxy groups -OCH3 is 2. The van der Waals surface area contributed by atoms with E-state index < -0.39 is 0 Å². The third-order valence-corrected chi connectivity index (χ3v) is 5.19. The van der Waals surface area contributed by atoms with Crippen LogP contribution in [0.15, 0.2) is 47.1 Å². The molecule has 3 aromatic rings. The van der Waals surface area contributed by atoms with Crippen LogP contribution in [0.25, 0.3) is 17.3 Å². The van der Waals surface area contributed by atoms with Crippen molar-refractivity contribution in [3.63, 3.8) is 0 Å². The molecular weight excluding hydrogens is 382 g/mol. The Kier molecular flexibility index (Phi) is 5.79. The minimum atomic E-state index is -0.334. The van der Waals surface area contributed by atoms with Crippen LogP contribution in [0.4, 0.5) is 5.82 Å². The Balaban J connectivity index is 1.49. The molecule has 0 atom stereocenters. The zero-order valence-corrected chi connectivity index (χ0v) is 17.0. The summed E-state index contributed by atoms with van der Waals surface area (Å²) < 4.78 is 15.4. The topological polar surface area (TPSA) is 86.5 Å². The highest BCUT2D eigenvalue weighted by atomic mass is 16.6. The molecule has 0 spiro atoms. The number of carbonyl (C=O) groups excluding carboxylic acids is 1. The number of hydrogen-bond donors (Lipinski definition) is 1. The summed E-state index contributed by atoms with van der Waals surface area (Å²) in [5, 5.41) is 10.6. The minimum Gasteiger partial charge on any atom is -0.493 e. The van der Waals surface area contributed by atoms with E-state index in [9.17, 15) is 4.79 Å². The lowest BCUT2D eigenvalue weighted by atomic mass is 9.90. The predicted octanol–water partition coefficient (Wildman–Crippen LogP) is 4.28. The number of benzene rings is 2. The average molecular weight is 405 g/mol. The molecule has 1 aliphatic rings. The van der Waals surface area contributed by atoms with Crippen LogP contribution in [-0.2, 0) is 17.6 Å². The Bertz CT molecular complexity index is 1090. The molecule has 30 heavy (non-hydrogen) atoms. The lowest BCUT2D eigenvalue weighted by Gasteiger charge is -2.16. The molecule has 1 aromatic heterocycles. The molecule has 0 saturated heterocycles. The Morgan fingerprint density at radius 1 is 1.00 bits per heavy atom. The van der Waals surface area contributed by atoms with Crippen molar-refractivity contribution >= 4 is 17.8 Å². The second kappa shape index (κ2) is 8.82. The fourth-order valence-corrected chi connectivity index (χ4v) is 3.63. The molecule has 0 radical (unpaired) electrons. The number of amides is 1. The van der Waals surface area contributed by atoms with Crippen LogP contribution in [0, 0.1) is 0 Å². The molecule has 1 N–H and O–H groups in total. The van der Waals surface area contributed by atoms with Crippen LogP contribution in [0.1, 0.15) is 29.5 Å². The Labute approximate surface area is 174 Å². The number of rotatable bonds is 6. The molecule has 0 saturated carbocycles. The summed E-state index contributed by atoms with van der Waals surface area (Å²) in [7, 11) is 3.14. The molecule has 4 rings (SSSR count). The summed E-state index contributed by atoms with van der Waals surface area (Å²) >= 11 is 0. The Morgan fingerprint density at radius 3 is 2.60 bits per heavy atom. The van der Waals surface area contributed by atoms with E-state index >= 15 is 0 Å². The maximum atomic E-state index is 12.4. The van der Waals surface area contributed by atoms with E-state index in [4.69, 9.17) is 14.1 Å². The van der Waals surface area contributed by atoms with Gasteiger partial charge in [-0.1, -0.05) is 18.2 Å². The molecule has 154 valence electrons. The molecule has 0 aliphatic heterocycles. The van der Waals surface area contributed by atoms with Gasteiger partial charge < -0.3 is 14.8 Å². The summed E-state index contributed by atoms with van der Waals surface area (Å²) in [6.07, 6.45) is 7.70. The lowest BCUT2D eigenvalue weighted by molar-refractivity contribution is -0.111. The van der Waals surface area contributed by atoms with Gasteiger partial charge in [-0.15, -0.1) is 0 Å². The first-order chi connectivity index (χ1) is 14.7. The highest BCUT2D eigenvalue weighted by Crippen LogP contribution is 2.30. The number of fused-ring (bicyclic) bond motifs is 1. The molecule has 0 fully saturated rings. The van der Waals surface area contributed by atoms with E-state index in [1.165, 1.54) is 30.0 Å². The third kappa shape index (κ3) is 4.20. The van der Waals surface area contributed by atoms with Crippen molar-refractivity contribution in [2.75, 3.05) is 19.5 Å². The van der Waals surface area contributed by atoms with Crippen molar-refractivity contribution in [3.05, 3.63) is 59.2 Å². The number of nitrogens with one attached hydrogen (secondary N) is 1. The van der Waals surface area contributed by atoms with Crippen molar-refractivity contribution in [2.24, 2.45) is 0 Å². The van der Waals surface area contributed by atoms with Gasteiger partial charge in [-0.25, -0.2) is 4.63 Å². The zero-order valence-electron chi connectivity index (χ0n) is 17.0. The van der Waals surface area contributed by atoms with Gasteiger partial charge in [0.2, 0.25) is 11.7 Å². The first kappa shape index (κ1) is 19.7. The molecule has 1 aliphatic carbocycles. The summed E-state index contributed by atoms with van der Waals surface area (Å²) in [5.41, 5.74) is 4.92. The van der Waals surface area contributed by atoms with Gasteiger partial charge in [0.15, 0.2) is 17.2 Å². The summed E-state index contributed by atoms with van der Waals surface area (Å²) in [5.74, 6) is 1.19. The van der Waals surface area contributed by atoms with Crippen molar-refractivity contribution < 1.29 is 18.9 Å². The van der Waals surface area contributed by atoms with Crippen LogP contribution >= 0.6 is 0 Å². The third-order valence-electron chi connectivity index (χ3n) is 5.19. The van der Waals surface area contributed by atoms with Crippen LogP contribution in [-0.4, -0.2) is 30.4 Å². The maximum absolute atomic E-state index is 12.4. The van der Waals surface area contributed by atoms with Crippen molar-refractivity contribution in [3.8, 4) is 22.8 Å². The largest absolute Gasteiger partial charge is 0.493 e. The Hall–Kier alpha value is -3.61. The standard InChI is InChI=1S/C23H23N3O4/c1-28-19-11-7-15(13-20(19)29-2)8-12-21(27)24-23-22(25-30-26-23)18-10-9-16-5-3-4-6-17(16)14-18/h7-14H,3-6H2,1-2H3,(H,24,26,27). The van der Waals surface area contributed by atoms with Crippen LogP contribution < -0.4 is 14.8 Å². The highest BCUT2D eigenvalue weighted by Gasteiger charge is 2.17. The van der Waals surface area contributed by atoms with Crippen LogP contribution in [0.3, 0.4) is 0 Å². The normalized spacial score (nSPS) is 13.1. The number of hydrogen-bond acceptors (Lipinski definition) is 6. The van der Waals surface area contributed by atoms with E-state index in [0.717, 1.165) is 24.0 Å². The summed E-state index contributed by atoms with van der Waals surface area (Å²) in [4.78, 5) is 12.4. The fraction of sp³-hybridized carbons (Fsp3) is 0.261. The number of anilines is 1. The number of aromatic nitrogens is 2. The van der Waals surface area contributed by atoms with E-state index in [1.54, 1.807) is 32.4 Å². The molecule has 0 unspecified atom stereocenters. The first-order valence-electron chi connectivity index (χ1n) is 9.84. The highest BCUT2D eigenvalue weighted by molar-refractivity contribution is 6.03. The van der Waals surface area contributed by atoms with Gasteiger partial charge in [0.25, 0.3) is 0 Å². The summed E-state index contributed by atoms with van der Waals surface area (Å²) in [6.45, 7) is 0. The van der Waals surface area contributed by atoms with E-state index in [-0.39, 0.29) is 5.91 Å². The minimum absolute atomic E-state index is 0.299. The lowest BCUT2D eigenvalue weighted by Crippen LogP contribution is -2.09. The molecule has 1 heterocycles. The second-order valence-electron chi connectivity index (χ2n) is 7.09. The van der Waals surface area contributed by atoms with E-state index in [0.29, 0.717) is 23.0 Å². The van der Waals surface area contributed by atoms with E-state index in [2.05, 4.69) is 27.8 Å². The van der Waals surface area contributed by atoms with Crippen molar-refractivity contribution in [2.45, 2.75) is 25.7 Å². The van der Waals surface area contributed by atoms with E-state index in [1.807, 2.05) is 12.1 Å². The number of nitrogens with zero attached hydrogens (tertiary/aromatic N) is 2. The summed E-state index contributed by atoms with van der Waals surface area (Å²) in [6, 6.07) is 11.6. The van der Waals surface area contributed by atoms with Gasteiger partial charge in [0.05, 0.1) is 14.2 Å².